The van der Waals surface area contributed by atoms with Gasteiger partial charge in [0.25, 0.3) is 0 Å². The van der Waals surface area contributed by atoms with Crippen LogP contribution in [-0.2, 0) is 13.0 Å². The molecule has 3 rings (SSSR count). The predicted octanol–water partition coefficient (Wildman–Crippen LogP) is 3.82. The summed E-state index contributed by atoms with van der Waals surface area (Å²) in [5.74, 6) is 1.46. The van der Waals surface area contributed by atoms with Crippen molar-refractivity contribution in [2.45, 2.75) is 45.8 Å². The van der Waals surface area contributed by atoms with Crippen molar-refractivity contribution in [3.63, 3.8) is 0 Å². The van der Waals surface area contributed by atoms with E-state index in [0.717, 1.165) is 25.3 Å². The van der Waals surface area contributed by atoms with Crippen LogP contribution in [0.4, 0.5) is 4.79 Å². The molecule has 0 unspecified atom stereocenters. The van der Waals surface area contributed by atoms with E-state index in [0.29, 0.717) is 12.3 Å². The van der Waals surface area contributed by atoms with E-state index in [1.54, 1.807) is 14.2 Å². The first-order valence-corrected chi connectivity index (χ1v) is 10.5. The van der Waals surface area contributed by atoms with E-state index in [1.165, 1.54) is 22.3 Å². The Morgan fingerprint density at radius 1 is 1.17 bits per heavy atom. The Balaban J connectivity index is 1.89. The van der Waals surface area contributed by atoms with Crippen molar-refractivity contribution >= 4 is 6.03 Å². The molecule has 162 valence electrons. The molecule has 0 fully saturated rings. The Labute approximate surface area is 179 Å². The van der Waals surface area contributed by atoms with Crippen LogP contribution in [0.25, 0.3) is 0 Å². The number of hydrogen-bond acceptors (Lipinski definition) is 4. The fourth-order valence-electron chi connectivity index (χ4n) is 4.06. The number of nitrogens with zero attached hydrogens (tertiary/aromatic N) is 1. The van der Waals surface area contributed by atoms with Crippen molar-refractivity contribution < 1.29 is 14.3 Å². The van der Waals surface area contributed by atoms with Crippen LogP contribution in [0.1, 0.15) is 42.1 Å². The molecule has 0 aromatic heterocycles. The van der Waals surface area contributed by atoms with Gasteiger partial charge < -0.3 is 20.1 Å². The topological polar surface area (TPSA) is 62.8 Å². The maximum Gasteiger partial charge on any atom is 0.315 e. The van der Waals surface area contributed by atoms with Crippen molar-refractivity contribution in [1.29, 1.82) is 0 Å². The molecule has 1 aliphatic heterocycles. The lowest BCUT2D eigenvalue weighted by Gasteiger charge is -2.38. The molecule has 2 aromatic carbocycles. The number of methoxy groups -OCH3 is 2. The summed E-state index contributed by atoms with van der Waals surface area (Å²) < 4.78 is 11.1. The summed E-state index contributed by atoms with van der Waals surface area (Å²) in [7, 11) is 3.31. The highest BCUT2D eigenvalue weighted by Gasteiger charge is 2.29. The van der Waals surface area contributed by atoms with Crippen LogP contribution in [0, 0.1) is 6.92 Å². The third-order valence-electron chi connectivity index (χ3n) is 5.46. The lowest BCUT2D eigenvalue weighted by atomic mass is 9.91. The van der Waals surface area contributed by atoms with Crippen LogP contribution in [0.3, 0.4) is 0 Å². The van der Waals surface area contributed by atoms with Gasteiger partial charge in [-0.2, -0.15) is 0 Å². The van der Waals surface area contributed by atoms with Gasteiger partial charge in [-0.05, 0) is 56.0 Å². The number of urea groups is 1. The molecule has 2 aromatic rings. The Morgan fingerprint density at radius 2 is 1.90 bits per heavy atom. The molecule has 0 saturated heterocycles. The number of hydrogen-bond donors (Lipinski definition) is 2. The van der Waals surface area contributed by atoms with Gasteiger partial charge in [0.2, 0.25) is 0 Å². The number of ether oxygens (including phenoxy) is 2. The highest BCUT2D eigenvalue weighted by Crippen LogP contribution is 2.38. The monoisotopic (exact) mass is 411 g/mol. The third kappa shape index (κ3) is 5.25. The molecule has 1 heterocycles. The first-order chi connectivity index (χ1) is 14.4. The molecule has 0 radical (unpaired) electrons. The van der Waals surface area contributed by atoms with Crippen LogP contribution in [0.2, 0.25) is 0 Å². The second-order valence-electron chi connectivity index (χ2n) is 8.14. The van der Waals surface area contributed by atoms with Crippen molar-refractivity contribution in [3.05, 3.63) is 58.7 Å². The number of amides is 2. The number of carbonyl (C=O) groups excluding carboxylic acids is 1. The minimum absolute atomic E-state index is 0.0481. The van der Waals surface area contributed by atoms with E-state index in [4.69, 9.17) is 9.47 Å². The first-order valence-electron chi connectivity index (χ1n) is 10.5. The maximum absolute atomic E-state index is 12.3. The number of rotatable bonds is 7. The molecule has 2 N–H and O–H groups in total. The zero-order chi connectivity index (χ0) is 21.7. The van der Waals surface area contributed by atoms with Gasteiger partial charge in [-0.3, -0.25) is 4.90 Å². The normalized spacial score (nSPS) is 16.1. The highest BCUT2D eigenvalue weighted by atomic mass is 16.5. The van der Waals surface area contributed by atoms with Crippen molar-refractivity contribution in [2.24, 2.45) is 0 Å². The third-order valence-corrected chi connectivity index (χ3v) is 5.46. The molecule has 30 heavy (non-hydrogen) atoms. The van der Waals surface area contributed by atoms with Gasteiger partial charge in [0.1, 0.15) is 0 Å². The summed E-state index contributed by atoms with van der Waals surface area (Å²) >= 11 is 0. The number of aryl methyl sites for hydroxylation is 1. The summed E-state index contributed by atoms with van der Waals surface area (Å²) in [6, 6.07) is 12.7. The average molecular weight is 412 g/mol. The largest absolute Gasteiger partial charge is 0.493 e. The summed E-state index contributed by atoms with van der Waals surface area (Å²) in [4.78, 5) is 14.7. The van der Waals surface area contributed by atoms with Gasteiger partial charge in [-0.1, -0.05) is 29.8 Å². The van der Waals surface area contributed by atoms with Crippen molar-refractivity contribution in [3.8, 4) is 11.5 Å². The van der Waals surface area contributed by atoms with Gasteiger partial charge in [-0.25, -0.2) is 4.79 Å². The smallest absolute Gasteiger partial charge is 0.315 e. The average Bonchev–Trinajstić information content (AvgIpc) is 2.71. The fraction of sp³-hybridized carbons (Fsp3) is 0.458. The molecular weight excluding hydrogens is 378 g/mol. The molecule has 1 aliphatic rings. The van der Waals surface area contributed by atoms with Gasteiger partial charge in [0, 0.05) is 25.7 Å². The summed E-state index contributed by atoms with van der Waals surface area (Å²) in [6.45, 7) is 8.28. The fourth-order valence-corrected chi connectivity index (χ4v) is 4.06. The molecule has 6 heteroatoms. The molecular formula is C24H33N3O3. The van der Waals surface area contributed by atoms with Crippen LogP contribution >= 0.6 is 0 Å². The molecule has 0 aliphatic carbocycles. The molecule has 2 amide bonds. The highest BCUT2D eigenvalue weighted by molar-refractivity contribution is 5.74. The van der Waals surface area contributed by atoms with Gasteiger partial charge in [0.05, 0.1) is 20.3 Å². The number of nitrogens with one attached hydrogen (secondary N) is 2. The SMILES string of the molecule is COc1cc2c(cc1OC)[C@H](CNC(=O)NC(C)C)N(Cc1cccc(C)c1)CC2. The first kappa shape index (κ1) is 22.0. The summed E-state index contributed by atoms with van der Waals surface area (Å²) in [6.07, 6.45) is 0.927. The van der Waals surface area contributed by atoms with Crippen LogP contribution in [0.15, 0.2) is 36.4 Å². The minimum atomic E-state index is -0.145. The predicted molar refractivity (Wildman–Crippen MR) is 119 cm³/mol. The summed E-state index contributed by atoms with van der Waals surface area (Å²) in [5.41, 5.74) is 4.94. The number of benzene rings is 2. The van der Waals surface area contributed by atoms with Crippen LogP contribution in [0.5, 0.6) is 11.5 Å². The Hall–Kier alpha value is -2.73. The Bertz CT molecular complexity index is 882. The zero-order valence-electron chi connectivity index (χ0n) is 18.6. The molecule has 0 spiro atoms. The van der Waals surface area contributed by atoms with E-state index in [2.05, 4.69) is 58.9 Å². The van der Waals surface area contributed by atoms with E-state index in [9.17, 15) is 4.79 Å². The standard InChI is InChI=1S/C24H33N3O3/c1-16(2)26-24(28)25-14-21-20-13-23(30-5)22(29-4)12-19(20)9-10-27(21)15-18-8-6-7-17(3)11-18/h6-8,11-13,16,21H,9-10,14-15H2,1-5H3,(H2,25,26,28)/t21-/m0/s1. The lowest BCUT2D eigenvalue weighted by Crippen LogP contribution is -2.45. The molecule has 6 nitrogen and oxygen atoms in total. The zero-order valence-corrected chi connectivity index (χ0v) is 18.6. The quantitative estimate of drug-likeness (QED) is 0.727. The molecule has 0 bridgehead atoms. The van der Waals surface area contributed by atoms with E-state index in [1.807, 2.05) is 13.8 Å². The maximum atomic E-state index is 12.3. The number of carbonyl (C=O) groups is 1. The van der Waals surface area contributed by atoms with Gasteiger partial charge >= 0.3 is 6.03 Å². The molecule has 0 saturated carbocycles. The minimum Gasteiger partial charge on any atom is -0.493 e. The lowest BCUT2D eigenvalue weighted by molar-refractivity contribution is 0.170. The van der Waals surface area contributed by atoms with Crippen LogP contribution < -0.4 is 20.1 Å². The Kier molecular flexibility index (Phi) is 7.21. The van der Waals surface area contributed by atoms with E-state index >= 15 is 0 Å². The van der Waals surface area contributed by atoms with Crippen molar-refractivity contribution in [2.75, 3.05) is 27.3 Å². The van der Waals surface area contributed by atoms with E-state index in [-0.39, 0.29) is 18.1 Å². The van der Waals surface area contributed by atoms with Crippen LogP contribution in [-0.4, -0.2) is 44.3 Å². The Morgan fingerprint density at radius 3 is 2.57 bits per heavy atom. The molecule has 1 atom stereocenters. The number of fused-ring (bicyclic) bond motifs is 1. The second kappa shape index (κ2) is 9.85. The second-order valence-corrected chi connectivity index (χ2v) is 8.14. The summed E-state index contributed by atoms with van der Waals surface area (Å²) in [5, 5.41) is 5.96. The van der Waals surface area contributed by atoms with Crippen molar-refractivity contribution in [1.82, 2.24) is 15.5 Å². The van der Waals surface area contributed by atoms with Gasteiger partial charge in [-0.15, -0.1) is 0 Å². The van der Waals surface area contributed by atoms with E-state index < -0.39 is 0 Å². The van der Waals surface area contributed by atoms with Gasteiger partial charge in [0.15, 0.2) is 11.5 Å².